The van der Waals surface area contributed by atoms with Gasteiger partial charge in [0.2, 0.25) is 0 Å². The molecule has 1 atom stereocenters. The topological polar surface area (TPSA) is 58.6 Å². The molecule has 0 rings (SSSR count). The fourth-order valence-corrected chi connectivity index (χ4v) is 0.862. The molecule has 0 aromatic rings. The quantitative estimate of drug-likeness (QED) is 0.608. The Morgan fingerprint density at radius 1 is 1.53 bits per heavy atom. The van der Waals surface area contributed by atoms with Crippen LogP contribution in [0.3, 0.4) is 0 Å². The fourth-order valence-electron chi connectivity index (χ4n) is 0.862. The fraction of sp³-hybridized carbons (Fsp3) is 0.875. The first-order chi connectivity index (χ1) is 6.90. The van der Waals surface area contributed by atoms with Gasteiger partial charge in [-0.25, -0.2) is 0 Å². The lowest BCUT2D eigenvalue weighted by Gasteiger charge is -2.15. The van der Waals surface area contributed by atoms with E-state index in [1.54, 1.807) is 7.05 Å². The number of hydrogen-bond donors (Lipinski definition) is 2. The second-order valence-electron chi connectivity index (χ2n) is 2.90. The molecule has 0 aromatic heterocycles. The Balaban J connectivity index is 3.99. The third-order valence-corrected chi connectivity index (χ3v) is 1.57. The van der Waals surface area contributed by atoms with E-state index in [4.69, 9.17) is 9.84 Å². The van der Waals surface area contributed by atoms with Gasteiger partial charge in [-0.1, -0.05) is 0 Å². The first kappa shape index (κ1) is 14.3. The molecule has 0 aromatic carbocycles. The Hall–Kier alpha value is -0.660. The van der Waals surface area contributed by atoms with Gasteiger partial charge in [0.05, 0.1) is 13.2 Å². The first-order valence-corrected chi connectivity index (χ1v) is 4.37. The highest BCUT2D eigenvalue weighted by molar-refractivity contribution is 5.83. The highest BCUT2D eigenvalue weighted by Crippen LogP contribution is 2.20. The van der Waals surface area contributed by atoms with Crippen LogP contribution >= 0.6 is 0 Å². The number of likely N-dealkylation sites (N-methyl/N-ethyl adjacent to an activating group) is 1. The summed E-state index contributed by atoms with van der Waals surface area (Å²) in [6, 6.07) is 0. The molecule has 0 bridgehead atoms. The average Bonchev–Trinajstić information content (AvgIpc) is 2.09. The number of nitrogens with one attached hydrogen (secondary N) is 1. The van der Waals surface area contributed by atoms with Crippen LogP contribution in [0.1, 0.15) is 6.42 Å². The number of halogens is 3. The lowest BCUT2D eigenvalue weighted by Crippen LogP contribution is -2.33. The summed E-state index contributed by atoms with van der Waals surface area (Å²) in [5.74, 6) is -1.15. The monoisotopic (exact) mass is 229 g/mol. The van der Waals surface area contributed by atoms with Crippen LogP contribution in [0.5, 0.6) is 0 Å². The van der Waals surface area contributed by atoms with E-state index in [0.29, 0.717) is 6.54 Å². The van der Waals surface area contributed by atoms with Gasteiger partial charge < -0.3 is 15.2 Å². The molecule has 4 nitrogen and oxygen atoms in total. The molecule has 0 heterocycles. The van der Waals surface area contributed by atoms with Gasteiger partial charge >= 0.3 is 6.18 Å². The lowest BCUT2D eigenvalue weighted by molar-refractivity contribution is -0.161. The number of carbonyl (C=O) groups excluding carboxylic acids is 1. The van der Waals surface area contributed by atoms with E-state index in [9.17, 15) is 18.0 Å². The van der Waals surface area contributed by atoms with Crippen LogP contribution in [0.4, 0.5) is 13.2 Å². The van der Waals surface area contributed by atoms with Crippen molar-refractivity contribution in [2.75, 3.05) is 26.8 Å². The molecule has 2 N–H and O–H groups in total. The van der Waals surface area contributed by atoms with Gasteiger partial charge in [0, 0.05) is 6.54 Å². The molecule has 15 heavy (non-hydrogen) atoms. The summed E-state index contributed by atoms with van der Waals surface area (Å²) in [4.78, 5) is 11.0. The number of ether oxygens (including phenoxy) is 1. The number of aliphatic hydroxyl groups excluding tert-OH is 1. The second kappa shape index (κ2) is 6.76. The third kappa shape index (κ3) is 7.29. The second-order valence-corrected chi connectivity index (χ2v) is 2.90. The molecule has 1 unspecified atom stereocenters. The van der Waals surface area contributed by atoms with E-state index < -0.39 is 31.1 Å². The highest BCUT2D eigenvalue weighted by atomic mass is 19.4. The van der Waals surface area contributed by atoms with Crippen molar-refractivity contribution >= 4 is 5.78 Å². The Bertz CT molecular complexity index is 196. The van der Waals surface area contributed by atoms with Crippen LogP contribution in [0.15, 0.2) is 0 Å². The van der Waals surface area contributed by atoms with Crippen LogP contribution in [-0.2, 0) is 9.53 Å². The maximum Gasteiger partial charge on any atom is 0.396 e. The van der Waals surface area contributed by atoms with Crippen LogP contribution in [0.2, 0.25) is 0 Å². The van der Waals surface area contributed by atoms with Crippen molar-refractivity contribution in [2.24, 2.45) is 0 Å². The van der Waals surface area contributed by atoms with Gasteiger partial charge in [-0.15, -0.1) is 0 Å². The van der Waals surface area contributed by atoms with E-state index in [2.05, 4.69) is 5.32 Å². The minimum Gasteiger partial charge on any atom is -0.393 e. The summed E-state index contributed by atoms with van der Waals surface area (Å²) < 4.78 is 40.2. The summed E-state index contributed by atoms with van der Waals surface area (Å²) in [6.45, 7) is -0.264. The number of hydrogen-bond acceptors (Lipinski definition) is 4. The van der Waals surface area contributed by atoms with Crippen LogP contribution in [0, 0.1) is 0 Å². The summed E-state index contributed by atoms with van der Waals surface area (Å²) in [6.07, 6.45) is -7.52. The molecule has 0 radical (unpaired) electrons. The Labute approximate surface area is 85.4 Å². The van der Waals surface area contributed by atoms with Crippen molar-refractivity contribution in [2.45, 2.75) is 18.7 Å². The first-order valence-electron chi connectivity index (χ1n) is 4.37. The van der Waals surface area contributed by atoms with Gasteiger partial charge in [0.1, 0.15) is 12.5 Å². The standard InChI is InChI=1S/C8H14F3NO3/c1-12-2-3-15-7(5-13)6(14)4-8(9,10)11/h7,12-13H,2-5H2,1H3. The van der Waals surface area contributed by atoms with Crippen LogP contribution < -0.4 is 5.32 Å². The molecule has 7 heteroatoms. The zero-order valence-electron chi connectivity index (χ0n) is 8.30. The van der Waals surface area contributed by atoms with Crippen molar-refractivity contribution in [1.29, 1.82) is 0 Å². The van der Waals surface area contributed by atoms with Crippen molar-refractivity contribution in [3.05, 3.63) is 0 Å². The Morgan fingerprint density at radius 2 is 2.13 bits per heavy atom. The summed E-state index contributed by atoms with van der Waals surface area (Å²) in [5, 5.41) is 11.4. The van der Waals surface area contributed by atoms with Gasteiger partial charge in [-0.2, -0.15) is 13.2 Å². The average molecular weight is 229 g/mol. The molecule has 0 saturated carbocycles. The van der Waals surface area contributed by atoms with E-state index in [-0.39, 0.29) is 6.61 Å². The Morgan fingerprint density at radius 3 is 2.53 bits per heavy atom. The molecule has 0 saturated heterocycles. The summed E-state index contributed by atoms with van der Waals surface area (Å²) >= 11 is 0. The van der Waals surface area contributed by atoms with Crippen molar-refractivity contribution in [1.82, 2.24) is 5.32 Å². The predicted octanol–water partition coefficient (Wildman–Crippen LogP) is 0.105. The number of Topliss-reactive ketones (excluding diaryl/α,β-unsaturated/α-hetero) is 1. The van der Waals surface area contributed by atoms with E-state index >= 15 is 0 Å². The van der Waals surface area contributed by atoms with E-state index in [1.807, 2.05) is 0 Å². The minimum absolute atomic E-state index is 0.0747. The van der Waals surface area contributed by atoms with Gasteiger partial charge in [-0.05, 0) is 7.05 Å². The molecule has 0 aliphatic carbocycles. The molecule has 0 fully saturated rings. The number of ketones is 1. The summed E-state index contributed by atoms with van der Waals surface area (Å²) in [7, 11) is 1.63. The Kier molecular flexibility index (Phi) is 6.46. The number of alkyl halides is 3. The van der Waals surface area contributed by atoms with Crippen LogP contribution in [-0.4, -0.2) is 50.0 Å². The molecule has 0 aliphatic heterocycles. The zero-order valence-corrected chi connectivity index (χ0v) is 8.30. The number of rotatable bonds is 7. The molecule has 90 valence electrons. The molecule has 0 spiro atoms. The predicted molar refractivity (Wildman–Crippen MR) is 46.4 cm³/mol. The number of carbonyl (C=O) groups is 1. The molecule has 0 aliphatic rings. The normalized spacial score (nSPS) is 13.9. The zero-order chi connectivity index (χ0) is 11.9. The van der Waals surface area contributed by atoms with E-state index in [0.717, 1.165) is 0 Å². The maximum absolute atomic E-state index is 11.8. The SMILES string of the molecule is CNCCOC(CO)C(=O)CC(F)(F)F. The highest BCUT2D eigenvalue weighted by Gasteiger charge is 2.34. The smallest absolute Gasteiger partial charge is 0.393 e. The maximum atomic E-state index is 11.8. The van der Waals surface area contributed by atoms with Gasteiger partial charge in [-0.3, -0.25) is 4.79 Å². The third-order valence-electron chi connectivity index (χ3n) is 1.57. The van der Waals surface area contributed by atoms with Gasteiger partial charge in [0.25, 0.3) is 0 Å². The van der Waals surface area contributed by atoms with E-state index in [1.165, 1.54) is 0 Å². The minimum atomic E-state index is -4.56. The number of aliphatic hydroxyl groups is 1. The molecular formula is C8H14F3NO3. The largest absolute Gasteiger partial charge is 0.396 e. The molecule has 0 amide bonds. The lowest BCUT2D eigenvalue weighted by atomic mass is 10.2. The summed E-state index contributed by atoms with van der Waals surface area (Å²) in [5.41, 5.74) is 0. The van der Waals surface area contributed by atoms with Crippen molar-refractivity contribution in [3.63, 3.8) is 0 Å². The van der Waals surface area contributed by atoms with Crippen LogP contribution in [0.25, 0.3) is 0 Å². The van der Waals surface area contributed by atoms with Gasteiger partial charge in [0.15, 0.2) is 5.78 Å². The molecular weight excluding hydrogens is 215 g/mol. The van der Waals surface area contributed by atoms with Crippen molar-refractivity contribution in [3.8, 4) is 0 Å². The van der Waals surface area contributed by atoms with Crippen molar-refractivity contribution < 1.29 is 27.8 Å².